The fourth-order valence-electron chi connectivity index (χ4n) is 6.46. The molecule has 0 saturated carbocycles. The molecule has 2 aromatic carbocycles. The molecule has 40 heavy (non-hydrogen) atoms. The summed E-state index contributed by atoms with van der Waals surface area (Å²) in [5.41, 5.74) is 7.09. The largest absolute Gasteiger partial charge is 0.485 e. The second-order valence-corrected chi connectivity index (χ2v) is 11.1. The van der Waals surface area contributed by atoms with Crippen molar-refractivity contribution in [2.45, 2.75) is 38.7 Å². The predicted octanol–water partition coefficient (Wildman–Crippen LogP) is 4.52. The van der Waals surface area contributed by atoms with Crippen LogP contribution in [0.2, 0.25) is 0 Å². The van der Waals surface area contributed by atoms with Gasteiger partial charge in [-0.3, -0.25) is 14.3 Å². The number of pyridine rings is 1. The number of morpholine rings is 1. The summed E-state index contributed by atoms with van der Waals surface area (Å²) < 4.78 is 13.7. The summed E-state index contributed by atoms with van der Waals surface area (Å²) >= 11 is 0. The first-order valence-corrected chi connectivity index (χ1v) is 14.4. The van der Waals surface area contributed by atoms with Gasteiger partial charge in [0.15, 0.2) is 5.69 Å². The molecule has 0 spiro atoms. The lowest BCUT2D eigenvalue weighted by Gasteiger charge is -2.33. The molecule has 7 rings (SSSR count). The number of rotatable bonds is 5. The molecule has 1 amide bonds. The Labute approximate surface area is 234 Å². The molecule has 0 radical (unpaired) electrons. The number of nitrogens with zero attached hydrogens (tertiary/aromatic N) is 5. The van der Waals surface area contributed by atoms with Gasteiger partial charge in [-0.1, -0.05) is 30.3 Å². The predicted molar refractivity (Wildman–Crippen MR) is 153 cm³/mol. The molecule has 0 bridgehead atoms. The number of piperidine rings is 1. The minimum absolute atomic E-state index is 0.0430. The first-order valence-electron chi connectivity index (χ1n) is 14.4. The van der Waals surface area contributed by atoms with Crippen molar-refractivity contribution in [3.8, 4) is 11.4 Å². The van der Waals surface area contributed by atoms with E-state index < -0.39 is 0 Å². The number of hydrogen-bond acceptors (Lipinski definition) is 6. The quantitative estimate of drug-likeness (QED) is 0.373. The molecule has 0 unspecified atom stereocenters. The lowest BCUT2D eigenvalue weighted by Crippen LogP contribution is -2.41. The summed E-state index contributed by atoms with van der Waals surface area (Å²) in [5, 5.41) is 1.30. The van der Waals surface area contributed by atoms with Crippen LogP contribution < -0.4 is 4.74 Å². The van der Waals surface area contributed by atoms with Crippen LogP contribution in [0.4, 0.5) is 0 Å². The van der Waals surface area contributed by atoms with E-state index in [1.54, 1.807) is 6.33 Å². The highest BCUT2D eigenvalue weighted by Crippen LogP contribution is 2.36. The molecule has 2 fully saturated rings. The van der Waals surface area contributed by atoms with Crippen molar-refractivity contribution in [3.05, 3.63) is 83.1 Å². The zero-order valence-corrected chi connectivity index (χ0v) is 23.0. The van der Waals surface area contributed by atoms with E-state index in [-0.39, 0.29) is 5.91 Å². The number of carbonyl (C=O) groups excluding carboxylic acids is 1. The Kier molecular flexibility index (Phi) is 6.73. The monoisotopic (exact) mass is 537 g/mol. The second kappa shape index (κ2) is 10.7. The Morgan fingerprint density at radius 2 is 1.82 bits per heavy atom. The van der Waals surface area contributed by atoms with Gasteiger partial charge < -0.3 is 19.3 Å². The number of fused-ring (bicyclic) bond motifs is 4. The smallest absolute Gasteiger partial charge is 0.274 e. The first-order chi connectivity index (χ1) is 19.7. The van der Waals surface area contributed by atoms with Crippen LogP contribution in [0.1, 0.15) is 51.8 Å². The maximum Gasteiger partial charge on any atom is 0.274 e. The molecule has 5 heterocycles. The van der Waals surface area contributed by atoms with Gasteiger partial charge in [0.05, 0.1) is 30.1 Å². The number of hydrogen-bond donors (Lipinski definition) is 0. The number of imidazole rings is 1. The van der Waals surface area contributed by atoms with Crippen molar-refractivity contribution in [2.75, 3.05) is 45.9 Å². The zero-order chi connectivity index (χ0) is 27.1. The Morgan fingerprint density at radius 1 is 1.00 bits per heavy atom. The van der Waals surface area contributed by atoms with E-state index >= 15 is 0 Å². The van der Waals surface area contributed by atoms with Crippen LogP contribution in [-0.4, -0.2) is 76.2 Å². The Balaban J connectivity index is 1.02. The minimum Gasteiger partial charge on any atom is -0.485 e. The normalized spacial score (nSPS) is 17.9. The maximum atomic E-state index is 13.1. The van der Waals surface area contributed by atoms with Gasteiger partial charge in [-0.15, -0.1) is 0 Å². The molecular weight excluding hydrogens is 502 g/mol. The van der Waals surface area contributed by atoms with Crippen LogP contribution in [0.15, 0.2) is 54.9 Å². The minimum atomic E-state index is -0.0430. The topological polar surface area (TPSA) is 72.7 Å². The molecule has 0 aliphatic carbocycles. The van der Waals surface area contributed by atoms with Gasteiger partial charge in [-0.05, 0) is 74.5 Å². The standard InChI is InChI=1S/C32H35N5O3/c1-22-8-9-26-25(5-3-6-27(26)34-22)23-10-13-35(14-11-23)15-12-24-4-2-7-28-31(24)40-20-29-30(33-21-37(28)29)32(38)36-16-18-39-19-17-36/h2-9,21,23H,10-20H2,1H3. The lowest BCUT2D eigenvalue weighted by molar-refractivity contribution is 0.0297. The third kappa shape index (κ3) is 4.65. The number of amides is 1. The van der Waals surface area contributed by atoms with E-state index in [9.17, 15) is 4.79 Å². The van der Waals surface area contributed by atoms with E-state index in [4.69, 9.17) is 14.5 Å². The van der Waals surface area contributed by atoms with E-state index in [2.05, 4.69) is 65.3 Å². The summed E-state index contributed by atoms with van der Waals surface area (Å²) in [6.07, 6.45) is 5.02. The lowest BCUT2D eigenvalue weighted by atomic mass is 9.87. The molecule has 2 saturated heterocycles. The SMILES string of the molecule is Cc1ccc2c(C3CCN(CCc4cccc5c4OCc4c(C(=O)N6CCOCC6)ncn4-5)CC3)cccc2n1. The van der Waals surface area contributed by atoms with Crippen LogP contribution in [0.25, 0.3) is 16.6 Å². The number of para-hydroxylation sites is 1. The van der Waals surface area contributed by atoms with E-state index in [1.165, 1.54) is 16.5 Å². The van der Waals surface area contributed by atoms with Crippen LogP contribution in [0, 0.1) is 6.92 Å². The van der Waals surface area contributed by atoms with Gasteiger partial charge in [0.2, 0.25) is 0 Å². The molecule has 4 aromatic rings. The van der Waals surface area contributed by atoms with Crippen molar-refractivity contribution in [2.24, 2.45) is 0 Å². The van der Waals surface area contributed by atoms with E-state index in [0.29, 0.717) is 44.5 Å². The highest BCUT2D eigenvalue weighted by atomic mass is 16.5. The maximum absolute atomic E-state index is 13.1. The van der Waals surface area contributed by atoms with Crippen LogP contribution >= 0.6 is 0 Å². The molecule has 0 atom stereocenters. The van der Waals surface area contributed by atoms with Gasteiger partial charge in [0.1, 0.15) is 18.7 Å². The van der Waals surface area contributed by atoms with Gasteiger partial charge in [0, 0.05) is 30.7 Å². The van der Waals surface area contributed by atoms with Gasteiger partial charge in [-0.25, -0.2) is 4.98 Å². The second-order valence-electron chi connectivity index (χ2n) is 11.1. The van der Waals surface area contributed by atoms with Gasteiger partial charge >= 0.3 is 0 Å². The number of carbonyl (C=O) groups is 1. The average Bonchev–Trinajstić information content (AvgIpc) is 3.45. The van der Waals surface area contributed by atoms with E-state index in [1.807, 2.05) is 9.47 Å². The Hall–Kier alpha value is -3.75. The number of ether oxygens (including phenoxy) is 2. The highest BCUT2D eigenvalue weighted by molar-refractivity contribution is 5.94. The average molecular weight is 538 g/mol. The number of likely N-dealkylation sites (tertiary alicyclic amines) is 1. The summed E-state index contributed by atoms with van der Waals surface area (Å²) in [7, 11) is 0. The molecule has 8 nitrogen and oxygen atoms in total. The molecule has 3 aliphatic rings. The molecular formula is C32H35N5O3. The molecule has 206 valence electrons. The van der Waals surface area contributed by atoms with Gasteiger partial charge in [0.25, 0.3) is 5.91 Å². The summed E-state index contributed by atoms with van der Waals surface area (Å²) in [6, 6.07) is 17.2. The van der Waals surface area contributed by atoms with Crippen LogP contribution in [0.5, 0.6) is 5.75 Å². The van der Waals surface area contributed by atoms with Crippen LogP contribution in [-0.2, 0) is 17.8 Å². The van der Waals surface area contributed by atoms with Gasteiger partial charge in [-0.2, -0.15) is 0 Å². The number of aryl methyl sites for hydroxylation is 1. The van der Waals surface area contributed by atoms with Crippen molar-refractivity contribution in [1.29, 1.82) is 0 Å². The molecule has 8 heteroatoms. The van der Waals surface area contributed by atoms with Crippen molar-refractivity contribution in [3.63, 3.8) is 0 Å². The molecule has 2 aromatic heterocycles. The molecule has 3 aliphatic heterocycles. The van der Waals surface area contributed by atoms with E-state index in [0.717, 1.165) is 67.2 Å². The third-order valence-electron chi connectivity index (χ3n) is 8.69. The summed E-state index contributed by atoms with van der Waals surface area (Å²) in [5.74, 6) is 1.44. The molecule has 0 N–H and O–H groups in total. The zero-order valence-electron chi connectivity index (χ0n) is 23.0. The summed E-state index contributed by atoms with van der Waals surface area (Å²) in [4.78, 5) is 26.8. The van der Waals surface area contributed by atoms with Crippen LogP contribution in [0.3, 0.4) is 0 Å². The van der Waals surface area contributed by atoms with Crippen molar-refractivity contribution in [1.82, 2.24) is 24.3 Å². The highest BCUT2D eigenvalue weighted by Gasteiger charge is 2.29. The number of aromatic nitrogens is 3. The van der Waals surface area contributed by atoms with Crippen molar-refractivity contribution < 1.29 is 14.3 Å². The fourth-order valence-corrected chi connectivity index (χ4v) is 6.46. The number of benzene rings is 2. The summed E-state index contributed by atoms with van der Waals surface area (Å²) in [6.45, 7) is 7.93. The first kappa shape index (κ1) is 25.2. The Bertz CT molecular complexity index is 1550. The fraction of sp³-hybridized carbons (Fsp3) is 0.406. The third-order valence-corrected chi connectivity index (χ3v) is 8.69. The van der Waals surface area contributed by atoms with Crippen molar-refractivity contribution >= 4 is 16.8 Å². The Morgan fingerprint density at radius 3 is 2.67 bits per heavy atom.